The normalized spacial score (nSPS) is 14.2. The fourth-order valence-electron chi connectivity index (χ4n) is 4.79. The van der Waals surface area contributed by atoms with Crippen molar-refractivity contribution in [1.29, 1.82) is 0 Å². The molecule has 4 rings (SSSR count). The average molecular weight is 554 g/mol. The van der Waals surface area contributed by atoms with Crippen LogP contribution in [0.1, 0.15) is 47.9 Å². The van der Waals surface area contributed by atoms with Crippen LogP contribution in [-0.2, 0) is 22.6 Å². The molecule has 3 aromatic carbocycles. The van der Waals surface area contributed by atoms with Gasteiger partial charge in [-0.3, -0.25) is 9.59 Å². The van der Waals surface area contributed by atoms with Crippen LogP contribution in [0.15, 0.2) is 66.7 Å². The van der Waals surface area contributed by atoms with E-state index in [1.807, 2.05) is 68.4 Å². The summed E-state index contributed by atoms with van der Waals surface area (Å²) >= 11 is 12.4. The first-order valence-electron chi connectivity index (χ1n) is 13.1. The van der Waals surface area contributed by atoms with E-state index >= 15 is 0 Å². The summed E-state index contributed by atoms with van der Waals surface area (Å²) in [7, 11) is 0. The highest BCUT2D eigenvalue weighted by atomic mass is 35.5. The maximum Gasteiger partial charge on any atom is 0.261 e. The number of nitrogens with zero attached hydrogens (tertiary/aromatic N) is 1. The molecule has 0 radical (unpaired) electrons. The van der Waals surface area contributed by atoms with Crippen molar-refractivity contribution in [2.75, 3.05) is 6.61 Å². The molecule has 1 fully saturated rings. The largest absolute Gasteiger partial charge is 0.484 e. The highest BCUT2D eigenvalue weighted by Crippen LogP contribution is 2.25. The van der Waals surface area contributed by atoms with E-state index in [0.717, 1.165) is 47.9 Å². The van der Waals surface area contributed by atoms with Crippen LogP contribution >= 0.6 is 23.2 Å². The van der Waals surface area contributed by atoms with Gasteiger partial charge in [-0.1, -0.05) is 78.5 Å². The smallest absolute Gasteiger partial charge is 0.261 e. The number of amides is 2. The van der Waals surface area contributed by atoms with E-state index < -0.39 is 6.04 Å². The molecule has 0 spiro atoms. The molecule has 5 nitrogen and oxygen atoms in total. The van der Waals surface area contributed by atoms with E-state index in [9.17, 15) is 9.59 Å². The summed E-state index contributed by atoms with van der Waals surface area (Å²) in [6.45, 7) is 4.04. The van der Waals surface area contributed by atoms with Crippen LogP contribution in [0.5, 0.6) is 5.75 Å². The summed E-state index contributed by atoms with van der Waals surface area (Å²) < 4.78 is 5.91. The van der Waals surface area contributed by atoms with Crippen molar-refractivity contribution in [1.82, 2.24) is 10.2 Å². The van der Waals surface area contributed by atoms with Crippen LogP contribution in [0.3, 0.4) is 0 Å². The third kappa shape index (κ3) is 7.52. The third-order valence-corrected chi connectivity index (χ3v) is 7.89. The molecule has 0 unspecified atom stereocenters. The van der Waals surface area contributed by atoms with Crippen molar-refractivity contribution in [2.24, 2.45) is 0 Å². The van der Waals surface area contributed by atoms with E-state index in [2.05, 4.69) is 5.32 Å². The third-order valence-electron chi connectivity index (χ3n) is 7.15. The Balaban J connectivity index is 1.63. The number of rotatable bonds is 10. The molecule has 0 aromatic heterocycles. The van der Waals surface area contributed by atoms with E-state index in [1.54, 1.807) is 17.0 Å². The minimum atomic E-state index is -0.719. The summed E-state index contributed by atoms with van der Waals surface area (Å²) in [5, 5.41) is 4.04. The van der Waals surface area contributed by atoms with Gasteiger partial charge < -0.3 is 15.0 Å². The quantitative estimate of drug-likeness (QED) is 0.305. The van der Waals surface area contributed by atoms with Crippen molar-refractivity contribution in [3.8, 4) is 5.75 Å². The lowest BCUT2D eigenvalue weighted by molar-refractivity contribution is -0.143. The summed E-state index contributed by atoms with van der Waals surface area (Å²) in [6.07, 6.45) is 4.50. The lowest BCUT2D eigenvalue weighted by Crippen LogP contribution is -2.53. The summed E-state index contributed by atoms with van der Waals surface area (Å²) in [5.41, 5.74) is 3.99. The topological polar surface area (TPSA) is 58.6 Å². The first kappa shape index (κ1) is 28.0. The molecule has 7 heteroatoms. The lowest BCUT2D eigenvalue weighted by Gasteiger charge is -2.32. The molecule has 0 saturated heterocycles. The predicted molar refractivity (Wildman–Crippen MR) is 153 cm³/mol. The molecule has 3 aromatic rings. The monoisotopic (exact) mass is 552 g/mol. The maximum atomic E-state index is 13.8. The second-order valence-corrected chi connectivity index (χ2v) is 10.8. The molecule has 1 atom stereocenters. The van der Waals surface area contributed by atoms with E-state index in [1.165, 1.54) is 0 Å². The van der Waals surface area contributed by atoms with Crippen LogP contribution in [0.4, 0.5) is 0 Å². The Morgan fingerprint density at radius 2 is 1.66 bits per heavy atom. The molecule has 0 heterocycles. The zero-order valence-electron chi connectivity index (χ0n) is 21.9. The van der Waals surface area contributed by atoms with Gasteiger partial charge in [0.1, 0.15) is 11.8 Å². The van der Waals surface area contributed by atoms with Crippen molar-refractivity contribution in [3.63, 3.8) is 0 Å². The van der Waals surface area contributed by atoms with Crippen molar-refractivity contribution in [3.05, 3.63) is 99.0 Å². The van der Waals surface area contributed by atoms with Crippen LogP contribution in [-0.4, -0.2) is 35.4 Å². The molecule has 0 aliphatic heterocycles. The summed E-state index contributed by atoms with van der Waals surface area (Å²) in [6, 6.07) is 20.2. The van der Waals surface area contributed by atoms with Gasteiger partial charge in [0.25, 0.3) is 5.91 Å². The minimum absolute atomic E-state index is 0.134. The number of halogens is 2. The lowest BCUT2D eigenvalue weighted by atomic mass is 10.0. The number of carbonyl (C=O) groups is 2. The minimum Gasteiger partial charge on any atom is -0.484 e. The highest BCUT2D eigenvalue weighted by molar-refractivity contribution is 6.42. The molecule has 1 aliphatic carbocycles. The molecule has 0 bridgehead atoms. The molecule has 38 heavy (non-hydrogen) atoms. The molecular formula is C31H34Cl2N2O3. The highest BCUT2D eigenvalue weighted by Gasteiger charge is 2.32. The molecule has 2 amide bonds. The predicted octanol–water partition coefficient (Wildman–Crippen LogP) is 6.69. The van der Waals surface area contributed by atoms with Crippen molar-refractivity contribution in [2.45, 2.75) is 64.6 Å². The Morgan fingerprint density at radius 1 is 0.921 bits per heavy atom. The number of carbonyl (C=O) groups excluding carboxylic acids is 2. The van der Waals surface area contributed by atoms with Gasteiger partial charge >= 0.3 is 0 Å². The fraction of sp³-hybridized carbons (Fsp3) is 0.355. The van der Waals surface area contributed by atoms with Gasteiger partial charge in [-0.15, -0.1) is 0 Å². The summed E-state index contributed by atoms with van der Waals surface area (Å²) in [5.74, 6) is 0.183. The van der Waals surface area contributed by atoms with E-state index in [-0.39, 0.29) is 31.0 Å². The van der Waals surface area contributed by atoms with Gasteiger partial charge in [0.2, 0.25) is 5.91 Å². The fourth-order valence-corrected chi connectivity index (χ4v) is 5.11. The number of benzene rings is 3. The number of hydrogen-bond acceptors (Lipinski definition) is 3. The molecule has 1 saturated carbocycles. The van der Waals surface area contributed by atoms with Crippen LogP contribution in [0.2, 0.25) is 10.0 Å². The zero-order chi connectivity index (χ0) is 27.1. The maximum absolute atomic E-state index is 13.8. The van der Waals surface area contributed by atoms with E-state index in [0.29, 0.717) is 22.2 Å². The standard InChI is InChI=1S/C31H34Cl2N2O3/c1-21-12-14-26(16-22(21)2)38-20-30(36)35(19-24-13-15-27(32)28(33)17-24)29(18-23-8-4-3-5-9-23)31(37)34-25-10-6-7-11-25/h3-5,8-9,12-17,25,29H,6-7,10-11,18-20H2,1-2H3,(H,34,37)/t29-/m0/s1. The number of ether oxygens (including phenoxy) is 1. The van der Waals surface area contributed by atoms with Gasteiger partial charge in [-0.05, 0) is 73.2 Å². The first-order valence-corrected chi connectivity index (χ1v) is 13.8. The molecule has 1 N–H and O–H groups in total. The Kier molecular flexibility index (Phi) is 9.70. The van der Waals surface area contributed by atoms with Gasteiger partial charge in [0.05, 0.1) is 10.0 Å². The number of nitrogens with one attached hydrogen (secondary N) is 1. The molecule has 200 valence electrons. The van der Waals surface area contributed by atoms with Crippen molar-refractivity contribution < 1.29 is 14.3 Å². The van der Waals surface area contributed by atoms with Crippen LogP contribution in [0.25, 0.3) is 0 Å². The number of aryl methyl sites for hydroxylation is 2. The van der Waals surface area contributed by atoms with Gasteiger partial charge in [0.15, 0.2) is 6.61 Å². The van der Waals surface area contributed by atoms with Gasteiger partial charge in [-0.25, -0.2) is 0 Å². The van der Waals surface area contributed by atoms with E-state index in [4.69, 9.17) is 27.9 Å². The second kappa shape index (κ2) is 13.2. The van der Waals surface area contributed by atoms with Gasteiger partial charge in [-0.2, -0.15) is 0 Å². The second-order valence-electron chi connectivity index (χ2n) is 10.0. The Labute approximate surface area is 235 Å². The SMILES string of the molecule is Cc1ccc(OCC(=O)N(Cc2ccc(Cl)c(Cl)c2)[C@@H](Cc2ccccc2)C(=O)NC2CCCC2)cc1C. The zero-order valence-corrected chi connectivity index (χ0v) is 23.4. The molecule has 1 aliphatic rings. The Bertz CT molecular complexity index is 1260. The average Bonchev–Trinajstić information content (AvgIpc) is 3.42. The first-order chi connectivity index (χ1) is 18.3. The van der Waals surface area contributed by atoms with Gasteiger partial charge in [0, 0.05) is 19.0 Å². The van der Waals surface area contributed by atoms with Crippen LogP contribution in [0, 0.1) is 13.8 Å². The Hall–Kier alpha value is -3.02. The number of hydrogen-bond donors (Lipinski definition) is 1. The van der Waals surface area contributed by atoms with Crippen molar-refractivity contribution >= 4 is 35.0 Å². The Morgan fingerprint density at radius 3 is 2.34 bits per heavy atom. The molecular weight excluding hydrogens is 519 g/mol. The summed E-state index contributed by atoms with van der Waals surface area (Å²) in [4.78, 5) is 29.1. The van der Waals surface area contributed by atoms with Crippen LogP contribution < -0.4 is 10.1 Å².